The van der Waals surface area contributed by atoms with Gasteiger partial charge in [0.1, 0.15) is 0 Å². The first-order valence-electron chi connectivity index (χ1n) is 4.62. The molecule has 13 heavy (non-hydrogen) atoms. The van der Waals surface area contributed by atoms with Gasteiger partial charge in [-0.25, -0.2) is 0 Å². The zero-order valence-electron chi connectivity index (χ0n) is 7.57. The lowest BCUT2D eigenvalue weighted by Gasteiger charge is -2.40. The van der Waals surface area contributed by atoms with Gasteiger partial charge in [0.25, 0.3) is 0 Å². The highest BCUT2D eigenvalue weighted by Crippen LogP contribution is 2.43. The molecular weight excluding hydrogens is 275 g/mol. The predicted octanol–water partition coefficient (Wildman–Crippen LogP) is 2.78. The van der Waals surface area contributed by atoms with Gasteiger partial charge < -0.3 is 5.11 Å². The van der Waals surface area contributed by atoms with Gasteiger partial charge in [-0.1, -0.05) is 25.1 Å². The molecule has 0 heterocycles. The van der Waals surface area contributed by atoms with Crippen molar-refractivity contribution in [2.45, 2.75) is 25.4 Å². The van der Waals surface area contributed by atoms with Crippen LogP contribution in [0.1, 0.15) is 24.8 Å². The van der Waals surface area contributed by atoms with Gasteiger partial charge in [0, 0.05) is 3.57 Å². The highest BCUT2D eigenvalue weighted by atomic mass is 127. The summed E-state index contributed by atoms with van der Waals surface area (Å²) in [6, 6.07) is 8.45. The smallest absolute Gasteiger partial charge is 0.0577 e. The Balaban J connectivity index is 2.23. The number of rotatable bonds is 1. The summed E-state index contributed by atoms with van der Waals surface area (Å²) in [7, 11) is 0. The Morgan fingerprint density at radius 1 is 1.38 bits per heavy atom. The molecule has 1 nitrogen and oxygen atoms in total. The van der Waals surface area contributed by atoms with Crippen molar-refractivity contribution >= 4 is 22.6 Å². The van der Waals surface area contributed by atoms with Crippen molar-refractivity contribution in [1.29, 1.82) is 0 Å². The second kappa shape index (κ2) is 3.58. The number of aliphatic hydroxyl groups excluding tert-OH is 1. The maximum atomic E-state index is 9.44. The quantitative estimate of drug-likeness (QED) is 0.788. The Bertz CT molecular complexity index is 311. The fourth-order valence-corrected chi connectivity index (χ4v) is 2.74. The van der Waals surface area contributed by atoms with E-state index in [1.165, 1.54) is 9.13 Å². The Kier molecular flexibility index (Phi) is 2.60. The van der Waals surface area contributed by atoms with Crippen LogP contribution in [0.2, 0.25) is 0 Å². The Morgan fingerprint density at radius 2 is 2.08 bits per heavy atom. The zero-order valence-corrected chi connectivity index (χ0v) is 9.73. The first kappa shape index (κ1) is 9.46. The number of aliphatic hydroxyl groups is 1. The van der Waals surface area contributed by atoms with Crippen LogP contribution in [0.5, 0.6) is 0 Å². The van der Waals surface area contributed by atoms with E-state index < -0.39 is 0 Å². The van der Waals surface area contributed by atoms with Crippen molar-refractivity contribution in [3.05, 3.63) is 33.4 Å². The molecule has 0 aliphatic heterocycles. The van der Waals surface area contributed by atoms with Crippen molar-refractivity contribution < 1.29 is 5.11 Å². The van der Waals surface area contributed by atoms with Crippen molar-refractivity contribution in [3.8, 4) is 0 Å². The largest absolute Gasteiger partial charge is 0.393 e. The number of benzene rings is 1. The van der Waals surface area contributed by atoms with Gasteiger partial charge >= 0.3 is 0 Å². The molecule has 0 amide bonds. The molecule has 1 fully saturated rings. The monoisotopic (exact) mass is 288 g/mol. The Morgan fingerprint density at radius 3 is 2.62 bits per heavy atom. The third kappa shape index (κ3) is 1.62. The average molecular weight is 288 g/mol. The molecule has 1 aromatic rings. The van der Waals surface area contributed by atoms with Crippen LogP contribution in [0.3, 0.4) is 0 Å². The summed E-state index contributed by atoms with van der Waals surface area (Å²) in [5.41, 5.74) is 1.40. The van der Waals surface area contributed by atoms with Crippen LogP contribution in [0.25, 0.3) is 0 Å². The minimum absolute atomic E-state index is 0.0824. The van der Waals surface area contributed by atoms with E-state index in [0.717, 1.165) is 6.42 Å². The van der Waals surface area contributed by atoms with E-state index in [1.54, 1.807) is 0 Å². The number of hydrogen-bond donors (Lipinski definition) is 1. The molecule has 1 aliphatic carbocycles. The summed E-state index contributed by atoms with van der Waals surface area (Å²) < 4.78 is 1.32. The van der Waals surface area contributed by atoms with E-state index in [1.807, 2.05) is 0 Å². The number of hydrogen-bond acceptors (Lipinski definition) is 1. The Hall–Kier alpha value is -0.0900. The average Bonchev–Trinajstić information content (AvgIpc) is 2.15. The molecule has 70 valence electrons. The van der Waals surface area contributed by atoms with Gasteiger partial charge in [0.15, 0.2) is 0 Å². The van der Waals surface area contributed by atoms with Crippen LogP contribution < -0.4 is 0 Å². The molecule has 2 heteroatoms. The molecule has 2 rings (SSSR count). The minimum Gasteiger partial charge on any atom is -0.393 e. The summed E-state index contributed by atoms with van der Waals surface area (Å²) in [6.07, 6.45) is 0.849. The van der Waals surface area contributed by atoms with E-state index >= 15 is 0 Å². The predicted molar refractivity (Wildman–Crippen MR) is 61.7 cm³/mol. The van der Waals surface area contributed by atoms with Crippen molar-refractivity contribution in [3.63, 3.8) is 0 Å². The van der Waals surface area contributed by atoms with E-state index in [9.17, 15) is 5.11 Å². The molecule has 3 atom stereocenters. The molecule has 0 spiro atoms. The second-order valence-electron chi connectivity index (χ2n) is 3.79. The summed E-state index contributed by atoms with van der Waals surface area (Å²) in [5.74, 6) is 0.999. The second-order valence-corrected chi connectivity index (χ2v) is 4.95. The first-order valence-corrected chi connectivity index (χ1v) is 5.70. The van der Waals surface area contributed by atoms with Crippen molar-refractivity contribution in [2.75, 3.05) is 0 Å². The van der Waals surface area contributed by atoms with Crippen LogP contribution in [0, 0.1) is 9.49 Å². The molecule has 0 radical (unpaired) electrons. The molecule has 1 aromatic carbocycles. The van der Waals surface area contributed by atoms with Crippen LogP contribution in [0.4, 0.5) is 0 Å². The zero-order chi connectivity index (χ0) is 9.42. The number of halogens is 1. The summed E-state index contributed by atoms with van der Waals surface area (Å²) >= 11 is 2.37. The molecule has 0 bridgehead atoms. The Labute approximate surface area is 92.3 Å². The normalized spacial score (nSPS) is 32.7. The molecular formula is C11H13IO. The van der Waals surface area contributed by atoms with Crippen LogP contribution >= 0.6 is 22.6 Å². The maximum absolute atomic E-state index is 9.44. The fourth-order valence-electron chi connectivity index (χ4n) is 1.95. The van der Waals surface area contributed by atoms with Crippen molar-refractivity contribution in [1.82, 2.24) is 0 Å². The van der Waals surface area contributed by atoms with Gasteiger partial charge in [-0.15, -0.1) is 0 Å². The van der Waals surface area contributed by atoms with Gasteiger partial charge in [-0.3, -0.25) is 0 Å². The molecule has 1 aliphatic rings. The first-order chi connectivity index (χ1) is 6.20. The topological polar surface area (TPSA) is 20.2 Å². The maximum Gasteiger partial charge on any atom is 0.0577 e. The lowest BCUT2D eigenvalue weighted by molar-refractivity contribution is 0.0114. The van der Waals surface area contributed by atoms with Crippen LogP contribution in [-0.2, 0) is 0 Å². The van der Waals surface area contributed by atoms with E-state index in [4.69, 9.17) is 0 Å². The molecule has 1 N–H and O–H groups in total. The summed E-state index contributed by atoms with van der Waals surface area (Å²) in [4.78, 5) is 0. The lowest BCUT2D eigenvalue weighted by Crippen LogP contribution is -2.37. The SMILES string of the molecule is CC1C(O)CC1c1ccccc1I. The lowest BCUT2D eigenvalue weighted by atomic mass is 9.69. The van der Waals surface area contributed by atoms with Gasteiger partial charge in [0.2, 0.25) is 0 Å². The minimum atomic E-state index is -0.0824. The highest BCUT2D eigenvalue weighted by molar-refractivity contribution is 14.1. The van der Waals surface area contributed by atoms with E-state index in [2.05, 4.69) is 53.8 Å². The van der Waals surface area contributed by atoms with E-state index in [0.29, 0.717) is 11.8 Å². The van der Waals surface area contributed by atoms with E-state index in [-0.39, 0.29) is 6.10 Å². The third-order valence-corrected chi connectivity index (χ3v) is 4.02. The summed E-state index contributed by atoms with van der Waals surface area (Å²) in [6.45, 7) is 2.13. The van der Waals surface area contributed by atoms with Gasteiger partial charge in [-0.05, 0) is 52.5 Å². The fraction of sp³-hybridized carbons (Fsp3) is 0.455. The molecule has 0 saturated heterocycles. The standard InChI is InChI=1S/C11H13IO/c1-7-9(6-11(7)13)8-4-2-3-5-10(8)12/h2-5,7,9,11,13H,6H2,1H3. The highest BCUT2D eigenvalue weighted by Gasteiger charge is 2.37. The molecule has 3 unspecified atom stereocenters. The van der Waals surface area contributed by atoms with Crippen LogP contribution in [0.15, 0.2) is 24.3 Å². The van der Waals surface area contributed by atoms with Gasteiger partial charge in [-0.2, -0.15) is 0 Å². The van der Waals surface area contributed by atoms with Gasteiger partial charge in [0.05, 0.1) is 6.10 Å². The summed E-state index contributed by atoms with van der Waals surface area (Å²) in [5, 5.41) is 9.44. The molecule has 1 saturated carbocycles. The van der Waals surface area contributed by atoms with Crippen LogP contribution in [-0.4, -0.2) is 11.2 Å². The van der Waals surface area contributed by atoms with Crippen molar-refractivity contribution in [2.24, 2.45) is 5.92 Å². The molecule has 0 aromatic heterocycles. The third-order valence-electron chi connectivity index (χ3n) is 3.04.